The van der Waals surface area contributed by atoms with Crippen molar-refractivity contribution in [2.45, 2.75) is 46.0 Å². The lowest BCUT2D eigenvalue weighted by atomic mass is 10.3. The molecule has 1 amide bonds. The second-order valence-corrected chi connectivity index (χ2v) is 4.88. The number of nitrogens with one attached hydrogen (secondary N) is 2. The maximum Gasteiger partial charge on any atom is 0.224 e. The van der Waals surface area contributed by atoms with Crippen LogP contribution < -0.4 is 10.6 Å². The van der Waals surface area contributed by atoms with Crippen LogP contribution in [0.5, 0.6) is 0 Å². The van der Waals surface area contributed by atoms with E-state index in [9.17, 15) is 4.79 Å². The molecule has 0 aromatic heterocycles. The predicted molar refractivity (Wildman–Crippen MR) is 94.7 cm³/mol. The summed E-state index contributed by atoms with van der Waals surface area (Å²) in [6.07, 6.45) is 5.11. The SMILES string of the molecule is CCCCN=C(NCC)NCCC(=O)N1CCCC1.I. The molecule has 0 unspecified atom stereocenters. The molecule has 1 aliphatic heterocycles. The first kappa shape index (κ1) is 19.5. The van der Waals surface area contributed by atoms with E-state index in [0.717, 1.165) is 57.8 Å². The molecule has 118 valence electrons. The summed E-state index contributed by atoms with van der Waals surface area (Å²) >= 11 is 0. The van der Waals surface area contributed by atoms with E-state index in [1.165, 1.54) is 0 Å². The minimum atomic E-state index is 0. The van der Waals surface area contributed by atoms with Gasteiger partial charge in [0.05, 0.1) is 0 Å². The van der Waals surface area contributed by atoms with E-state index in [2.05, 4.69) is 22.5 Å². The van der Waals surface area contributed by atoms with Crippen molar-refractivity contribution in [3.05, 3.63) is 0 Å². The van der Waals surface area contributed by atoms with Crippen LogP contribution in [0.2, 0.25) is 0 Å². The molecular weight excluding hydrogens is 367 g/mol. The van der Waals surface area contributed by atoms with Gasteiger partial charge in [-0.3, -0.25) is 9.79 Å². The molecule has 0 aliphatic carbocycles. The molecule has 0 spiro atoms. The molecule has 0 radical (unpaired) electrons. The Morgan fingerprint density at radius 2 is 1.90 bits per heavy atom. The minimum Gasteiger partial charge on any atom is -0.357 e. The standard InChI is InChI=1S/C14H28N4O.HI/c1-3-5-9-16-14(15-4-2)17-10-8-13(19)18-11-6-7-12-18;/h3-12H2,1-2H3,(H2,15,16,17);1H. The predicted octanol–water partition coefficient (Wildman–Crippen LogP) is 1.97. The number of unbranched alkanes of at least 4 members (excludes halogenated alkanes) is 1. The number of hydrogen-bond acceptors (Lipinski definition) is 2. The number of halogens is 1. The van der Waals surface area contributed by atoms with Crippen molar-refractivity contribution < 1.29 is 4.79 Å². The second kappa shape index (κ2) is 12.2. The topological polar surface area (TPSA) is 56.7 Å². The number of guanidine groups is 1. The van der Waals surface area contributed by atoms with Gasteiger partial charge in [-0.25, -0.2) is 0 Å². The molecule has 1 aliphatic rings. The van der Waals surface area contributed by atoms with Crippen LogP contribution in [0.1, 0.15) is 46.0 Å². The largest absolute Gasteiger partial charge is 0.357 e. The van der Waals surface area contributed by atoms with Gasteiger partial charge < -0.3 is 15.5 Å². The molecule has 1 fully saturated rings. The van der Waals surface area contributed by atoms with Gasteiger partial charge in [0.25, 0.3) is 0 Å². The van der Waals surface area contributed by atoms with E-state index in [0.29, 0.717) is 13.0 Å². The first-order chi connectivity index (χ1) is 9.27. The van der Waals surface area contributed by atoms with E-state index in [4.69, 9.17) is 0 Å². The highest BCUT2D eigenvalue weighted by molar-refractivity contribution is 14.0. The Bertz CT molecular complexity index is 291. The molecule has 0 bridgehead atoms. The van der Waals surface area contributed by atoms with Crippen LogP contribution in [-0.2, 0) is 4.79 Å². The van der Waals surface area contributed by atoms with Crippen LogP contribution in [-0.4, -0.2) is 49.5 Å². The number of likely N-dealkylation sites (tertiary alicyclic amines) is 1. The van der Waals surface area contributed by atoms with E-state index in [-0.39, 0.29) is 29.9 Å². The summed E-state index contributed by atoms with van der Waals surface area (Å²) in [5.41, 5.74) is 0. The number of carbonyl (C=O) groups excluding carboxylic acids is 1. The van der Waals surface area contributed by atoms with Crippen molar-refractivity contribution >= 4 is 35.8 Å². The van der Waals surface area contributed by atoms with Crippen molar-refractivity contribution in [1.82, 2.24) is 15.5 Å². The van der Waals surface area contributed by atoms with Gasteiger partial charge in [-0.2, -0.15) is 0 Å². The molecule has 6 heteroatoms. The molecule has 1 heterocycles. The Hall–Kier alpha value is -0.530. The number of aliphatic imine (C=N–C) groups is 1. The summed E-state index contributed by atoms with van der Waals surface area (Å²) in [7, 11) is 0. The minimum absolute atomic E-state index is 0. The highest BCUT2D eigenvalue weighted by Gasteiger charge is 2.17. The van der Waals surface area contributed by atoms with Crippen LogP contribution >= 0.6 is 24.0 Å². The molecule has 5 nitrogen and oxygen atoms in total. The number of nitrogens with zero attached hydrogens (tertiary/aromatic N) is 2. The van der Waals surface area contributed by atoms with Gasteiger partial charge in [-0.1, -0.05) is 13.3 Å². The quantitative estimate of drug-likeness (QED) is 0.300. The van der Waals surface area contributed by atoms with Crippen molar-refractivity contribution in [2.24, 2.45) is 4.99 Å². The number of amides is 1. The highest BCUT2D eigenvalue weighted by atomic mass is 127. The first-order valence-corrected chi connectivity index (χ1v) is 7.57. The van der Waals surface area contributed by atoms with Crippen molar-refractivity contribution in [3.8, 4) is 0 Å². The fourth-order valence-corrected chi connectivity index (χ4v) is 2.10. The van der Waals surface area contributed by atoms with Crippen LogP contribution in [0.4, 0.5) is 0 Å². The molecule has 20 heavy (non-hydrogen) atoms. The lowest BCUT2D eigenvalue weighted by molar-refractivity contribution is -0.129. The highest BCUT2D eigenvalue weighted by Crippen LogP contribution is 2.08. The summed E-state index contributed by atoms with van der Waals surface area (Å²) in [6, 6.07) is 0. The summed E-state index contributed by atoms with van der Waals surface area (Å²) in [5, 5.41) is 6.42. The van der Waals surface area contributed by atoms with Gasteiger partial charge in [-0.15, -0.1) is 24.0 Å². The number of hydrogen-bond donors (Lipinski definition) is 2. The Labute approximate surface area is 140 Å². The summed E-state index contributed by atoms with van der Waals surface area (Å²) < 4.78 is 0. The average molecular weight is 396 g/mol. The van der Waals surface area contributed by atoms with E-state index in [1.807, 2.05) is 11.8 Å². The number of carbonyl (C=O) groups is 1. The molecule has 0 aromatic carbocycles. The van der Waals surface area contributed by atoms with Gasteiger partial charge in [0.15, 0.2) is 5.96 Å². The van der Waals surface area contributed by atoms with E-state index in [1.54, 1.807) is 0 Å². The smallest absolute Gasteiger partial charge is 0.224 e. The third kappa shape index (κ3) is 7.91. The molecule has 2 N–H and O–H groups in total. The third-order valence-electron chi connectivity index (χ3n) is 3.22. The average Bonchev–Trinajstić information content (AvgIpc) is 2.93. The van der Waals surface area contributed by atoms with Gasteiger partial charge >= 0.3 is 0 Å². The maximum absolute atomic E-state index is 11.9. The van der Waals surface area contributed by atoms with Gasteiger partial charge in [0.2, 0.25) is 5.91 Å². The summed E-state index contributed by atoms with van der Waals surface area (Å²) in [4.78, 5) is 18.3. The van der Waals surface area contributed by atoms with Crippen LogP contribution in [0.25, 0.3) is 0 Å². The maximum atomic E-state index is 11.9. The van der Waals surface area contributed by atoms with Gasteiger partial charge in [0, 0.05) is 39.1 Å². The van der Waals surface area contributed by atoms with Crippen LogP contribution in [0.15, 0.2) is 4.99 Å². The zero-order chi connectivity index (χ0) is 13.9. The lowest BCUT2D eigenvalue weighted by Crippen LogP contribution is -2.39. The third-order valence-corrected chi connectivity index (χ3v) is 3.22. The monoisotopic (exact) mass is 396 g/mol. The van der Waals surface area contributed by atoms with Crippen LogP contribution in [0, 0.1) is 0 Å². The lowest BCUT2D eigenvalue weighted by Gasteiger charge is -2.16. The van der Waals surface area contributed by atoms with Crippen molar-refractivity contribution in [3.63, 3.8) is 0 Å². The molecular formula is C14H29IN4O. The second-order valence-electron chi connectivity index (χ2n) is 4.88. The summed E-state index contributed by atoms with van der Waals surface area (Å²) in [5.74, 6) is 1.08. The first-order valence-electron chi connectivity index (χ1n) is 7.57. The molecule has 0 saturated carbocycles. The van der Waals surface area contributed by atoms with Gasteiger partial charge in [-0.05, 0) is 26.2 Å². The van der Waals surface area contributed by atoms with Crippen molar-refractivity contribution in [2.75, 3.05) is 32.7 Å². The van der Waals surface area contributed by atoms with E-state index < -0.39 is 0 Å². The fraction of sp³-hybridized carbons (Fsp3) is 0.857. The molecule has 1 rings (SSSR count). The van der Waals surface area contributed by atoms with Gasteiger partial charge in [0.1, 0.15) is 0 Å². The van der Waals surface area contributed by atoms with Crippen LogP contribution in [0.3, 0.4) is 0 Å². The zero-order valence-electron chi connectivity index (χ0n) is 12.8. The normalized spacial score (nSPS) is 14.9. The zero-order valence-corrected chi connectivity index (χ0v) is 15.1. The van der Waals surface area contributed by atoms with E-state index >= 15 is 0 Å². The fourth-order valence-electron chi connectivity index (χ4n) is 2.10. The molecule has 0 atom stereocenters. The molecule has 0 aromatic rings. The summed E-state index contributed by atoms with van der Waals surface area (Å²) in [6.45, 7) is 8.42. The van der Waals surface area contributed by atoms with Crippen molar-refractivity contribution in [1.29, 1.82) is 0 Å². The Morgan fingerprint density at radius 3 is 2.50 bits per heavy atom. The molecule has 1 saturated heterocycles. The number of rotatable bonds is 7. The Balaban J connectivity index is 0.00000361. The Morgan fingerprint density at radius 1 is 1.20 bits per heavy atom. The Kier molecular flexibility index (Phi) is 11.9.